The number of ether oxygens (including phenoxy) is 1. The van der Waals surface area contributed by atoms with E-state index in [1.807, 2.05) is 0 Å². The van der Waals surface area contributed by atoms with Crippen LogP contribution < -0.4 is 14.5 Å². The molecule has 0 radical (unpaired) electrons. The number of nitrogens with zero attached hydrogens (tertiary/aromatic N) is 5. The van der Waals surface area contributed by atoms with Crippen LogP contribution in [0.25, 0.3) is 10.8 Å². The molecule has 2 aromatic carbocycles. The number of hydrogen-bond donors (Lipinski definition) is 1. The average Bonchev–Trinajstić information content (AvgIpc) is 3.13. The van der Waals surface area contributed by atoms with Gasteiger partial charge in [0.05, 0.1) is 31.4 Å². The highest BCUT2D eigenvalue weighted by Crippen LogP contribution is 2.38. The van der Waals surface area contributed by atoms with Crippen LogP contribution in [-0.2, 0) is 13.0 Å². The molecule has 0 spiro atoms. The van der Waals surface area contributed by atoms with Crippen molar-refractivity contribution in [2.24, 2.45) is 0 Å². The Morgan fingerprint density at radius 1 is 1.06 bits per heavy atom. The van der Waals surface area contributed by atoms with E-state index in [0.717, 1.165) is 42.9 Å². The van der Waals surface area contributed by atoms with E-state index in [1.165, 1.54) is 22.0 Å². The number of amides is 1. The number of aryl methyl sites for hydroxylation is 1. The maximum Gasteiger partial charge on any atom is 0.407 e. The molecule has 6 rings (SSSR count). The van der Waals surface area contributed by atoms with Gasteiger partial charge in [-0.05, 0) is 43.2 Å². The number of anilines is 2. The van der Waals surface area contributed by atoms with Gasteiger partial charge in [0.2, 0.25) is 0 Å². The summed E-state index contributed by atoms with van der Waals surface area (Å²) in [7, 11) is 1.60. The lowest BCUT2D eigenvalue weighted by Crippen LogP contribution is -2.56. The highest BCUT2D eigenvalue weighted by Gasteiger charge is 2.44. The maximum absolute atomic E-state index is 11.7. The lowest BCUT2D eigenvalue weighted by molar-refractivity contribution is 0.114. The quantitative estimate of drug-likeness (QED) is 0.637. The van der Waals surface area contributed by atoms with Gasteiger partial charge in [-0.2, -0.15) is 9.97 Å². The Hall–Kier alpha value is -3.55. The molecule has 4 heterocycles. The summed E-state index contributed by atoms with van der Waals surface area (Å²) in [6.45, 7) is 5.07. The smallest absolute Gasteiger partial charge is 0.407 e. The molecule has 3 aromatic rings. The minimum absolute atomic E-state index is 0.0200. The van der Waals surface area contributed by atoms with Crippen molar-refractivity contribution in [2.45, 2.75) is 44.8 Å². The van der Waals surface area contributed by atoms with E-state index in [-0.39, 0.29) is 12.1 Å². The summed E-state index contributed by atoms with van der Waals surface area (Å²) < 4.78 is 5.50. The Morgan fingerprint density at radius 2 is 1.79 bits per heavy atom. The van der Waals surface area contributed by atoms with Crippen LogP contribution in [0.3, 0.4) is 0 Å². The molecular formula is C26H29N5O3. The molecule has 176 valence electrons. The first-order chi connectivity index (χ1) is 16.5. The summed E-state index contributed by atoms with van der Waals surface area (Å²) >= 11 is 0. The normalized spacial score (nSPS) is 21.6. The predicted molar refractivity (Wildman–Crippen MR) is 131 cm³/mol. The lowest BCUT2D eigenvalue weighted by Gasteiger charge is -2.41. The zero-order chi connectivity index (χ0) is 23.4. The van der Waals surface area contributed by atoms with E-state index < -0.39 is 6.09 Å². The number of carboxylic acid groups (broad SMARTS) is 1. The highest BCUT2D eigenvalue weighted by molar-refractivity contribution is 5.97. The van der Waals surface area contributed by atoms with Crippen LogP contribution in [0.2, 0.25) is 0 Å². The number of hydrogen-bond acceptors (Lipinski definition) is 6. The molecule has 0 aliphatic carbocycles. The topological polar surface area (TPSA) is 82.0 Å². The van der Waals surface area contributed by atoms with E-state index in [9.17, 15) is 9.90 Å². The molecule has 8 heteroatoms. The van der Waals surface area contributed by atoms with Crippen molar-refractivity contribution in [3.63, 3.8) is 0 Å². The molecule has 34 heavy (non-hydrogen) atoms. The van der Waals surface area contributed by atoms with E-state index in [0.29, 0.717) is 25.6 Å². The summed E-state index contributed by atoms with van der Waals surface area (Å²) in [4.78, 5) is 27.6. The molecule has 8 nitrogen and oxygen atoms in total. The fourth-order valence-corrected chi connectivity index (χ4v) is 6.10. The van der Waals surface area contributed by atoms with Crippen LogP contribution in [0.4, 0.5) is 16.3 Å². The first-order valence-corrected chi connectivity index (χ1v) is 12.0. The second-order valence-electron chi connectivity index (χ2n) is 9.56. The second kappa shape index (κ2) is 8.04. The zero-order valence-corrected chi connectivity index (χ0v) is 19.6. The van der Waals surface area contributed by atoms with Crippen molar-refractivity contribution in [1.82, 2.24) is 14.9 Å². The van der Waals surface area contributed by atoms with Crippen molar-refractivity contribution >= 4 is 28.4 Å². The van der Waals surface area contributed by atoms with Crippen LogP contribution in [0.15, 0.2) is 36.4 Å². The molecule has 2 saturated heterocycles. The van der Waals surface area contributed by atoms with Gasteiger partial charge in [0, 0.05) is 36.3 Å². The molecule has 0 saturated carbocycles. The third-order valence-electron chi connectivity index (χ3n) is 7.64. The monoisotopic (exact) mass is 459 g/mol. The highest BCUT2D eigenvalue weighted by atomic mass is 16.5. The van der Waals surface area contributed by atoms with Crippen molar-refractivity contribution in [3.8, 4) is 6.01 Å². The van der Waals surface area contributed by atoms with Gasteiger partial charge in [0.25, 0.3) is 0 Å². The lowest BCUT2D eigenvalue weighted by atomic mass is 9.99. The zero-order valence-electron chi connectivity index (χ0n) is 19.6. The third-order valence-corrected chi connectivity index (χ3v) is 7.64. The SMILES string of the molecule is COc1nc2c(c(N3C[C@H]4CC[C@@H](C3)N4C(=O)O)n1)CCN(c1cccc3cccc(C)c13)C2. The molecule has 3 aliphatic heterocycles. The first kappa shape index (κ1) is 21.0. The number of aromatic nitrogens is 2. The minimum Gasteiger partial charge on any atom is -0.467 e. The van der Waals surface area contributed by atoms with E-state index in [4.69, 9.17) is 14.7 Å². The standard InChI is InChI=1S/C26H29N5O3/c1-16-5-3-6-17-7-4-8-22(23(16)17)29-12-11-20-21(15-29)27-25(34-2)28-24(20)30-13-18-9-10-19(14-30)31(18)26(32)33/h3-8,18-19H,9-15H2,1-2H3,(H,32,33)/t18-,19+. The van der Waals surface area contributed by atoms with Crippen molar-refractivity contribution in [2.75, 3.05) is 36.5 Å². The van der Waals surface area contributed by atoms with Gasteiger partial charge in [0.1, 0.15) is 5.82 Å². The number of methoxy groups -OCH3 is 1. The fraction of sp³-hybridized carbons (Fsp3) is 0.423. The average molecular weight is 460 g/mol. The van der Waals surface area contributed by atoms with E-state index in [2.05, 4.69) is 53.1 Å². The van der Waals surface area contributed by atoms with Crippen LogP contribution in [0.5, 0.6) is 6.01 Å². The molecule has 1 amide bonds. The Balaban J connectivity index is 1.35. The molecule has 2 bridgehead atoms. The summed E-state index contributed by atoms with van der Waals surface area (Å²) in [5, 5.41) is 12.2. The van der Waals surface area contributed by atoms with Gasteiger partial charge in [0.15, 0.2) is 0 Å². The molecule has 2 fully saturated rings. The van der Waals surface area contributed by atoms with Gasteiger partial charge in [-0.1, -0.05) is 30.3 Å². The van der Waals surface area contributed by atoms with E-state index in [1.54, 1.807) is 12.0 Å². The molecule has 2 atom stereocenters. The van der Waals surface area contributed by atoms with E-state index >= 15 is 0 Å². The molecule has 1 N–H and O–H groups in total. The second-order valence-corrected chi connectivity index (χ2v) is 9.56. The van der Waals surface area contributed by atoms with Crippen LogP contribution in [0.1, 0.15) is 29.7 Å². The van der Waals surface area contributed by atoms with Gasteiger partial charge in [-0.3, -0.25) is 4.90 Å². The van der Waals surface area contributed by atoms with Crippen molar-refractivity contribution in [1.29, 1.82) is 0 Å². The number of piperazine rings is 1. The van der Waals surface area contributed by atoms with Gasteiger partial charge >= 0.3 is 12.1 Å². The van der Waals surface area contributed by atoms with Crippen LogP contribution >= 0.6 is 0 Å². The van der Waals surface area contributed by atoms with Gasteiger partial charge in [-0.15, -0.1) is 0 Å². The Kier molecular flexibility index (Phi) is 4.97. The number of fused-ring (bicyclic) bond motifs is 4. The fourth-order valence-electron chi connectivity index (χ4n) is 6.10. The molecule has 1 aromatic heterocycles. The Labute approximate surface area is 198 Å². The summed E-state index contributed by atoms with van der Waals surface area (Å²) in [5.74, 6) is 0.914. The van der Waals surface area contributed by atoms with Crippen LogP contribution in [0, 0.1) is 6.92 Å². The van der Waals surface area contributed by atoms with Crippen molar-refractivity contribution < 1.29 is 14.6 Å². The summed E-state index contributed by atoms with van der Waals surface area (Å²) in [6, 6.07) is 13.3. The first-order valence-electron chi connectivity index (χ1n) is 12.0. The molecular weight excluding hydrogens is 430 g/mol. The molecule has 0 unspecified atom stereocenters. The largest absolute Gasteiger partial charge is 0.467 e. The minimum atomic E-state index is -0.810. The maximum atomic E-state index is 11.7. The Bertz CT molecular complexity index is 1260. The van der Waals surface area contributed by atoms with Crippen LogP contribution in [-0.4, -0.2) is 64.9 Å². The molecule has 3 aliphatic rings. The summed E-state index contributed by atoms with van der Waals surface area (Å²) in [5.41, 5.74) is 4.66. The van der Waals surface area contributed by atoms with Gasteiger partial charge < -0.3 is 19.6 Å². The Morgan fingerprint density at radius 3 is 2.50 bits per heavy atom. The third kappa shape index (κ3) is 3.31. The number of rotatable bonds is 3. The number of carbonyl (C=O) groups is 1. The van der Waals surface area contributed by atoms with Gasteiger partial charge in [-0.25, -0.2) is 4.79 Å². The summed E-state index contributed by atoms with van der Waals surface area (Å²) in [6.07, 6.45) is 1.85. The predicted octanol–water partition coefficient (Wildman–Crippen LogP) is 3.84. The number of benzene rings is 2. The van der Waals surface area contributed by atoms with Crippen molar-refractivity contribution in [3.05, 3.63) is 53.2 Å².